The molecule has 2 N–H and O–H groups in total. The largest absolute Gasteiger partial charge is 0.497 e. The fourth-order valence-electron chi connectivity index (χ4n) is 5.89. The lowest BCUT2D eigenvalue weighted by Crippen LogP contribution is -2.59. The quantitative estimate of drug-likeness (QED) is 0.465. The summed E-state index contributed by atoms with van der Waals surface area (Å²) in [6, 6.07) is 3.58. The topological polar surface area (TPSA) is 141 Å². The van der Waals surface area contributed by atoms with E-state index in [0.717, 1.165) is 37.0 Å². The third kappa shape index (κ3) is 6.01. The van der Waals surface area contributed by atoms with Crippen molar-refractivity contribution in [3.63, 3.8) is 0 Å². The van der Waals surface area contributed by atoms with Gasteiger partial charge in [-0.3, -0.25) is 24.1 Å². The molecule has 2 fully saturated rings. The number of benzene rings is 1. The monoisotopic (exact) mass is 569 g/mol. The fraction of sp³-hybridized carbons (Fsp3) is 0.552. The second-order valence-corrected chi connectivity index (χ2v) is 10.9. The number of hydrogen-bond donors (Lipinski definition) is 2. The molecule has 12 heteroatoms. The van der Waals surface area contributed by atoms with Crippen molar-refractivity contribution in [2.75, 3.05) is 40.3 Å². The Hall–Kier alpha value is -4.09. The van der Waals surface area contributed by atoms with Crippen molar-refractivity contribution in [1.82, 2.24) is 24.6 Å². The number of fused-ring (bicyclic) bond motifs is 1. The predicted octanol–water partition coefficient (Wildman–Crippen LogP) is 2.35. The number of likely N-dealkylation sites (N-methyl/N-ethyl adjacent to an activating group) is 1. The molecule has 4 rings (SSSR count). The molecule has 1 aliphatic heterocycles. The van der Waals surface area contributed by atoms with Crippen molar-refractivity contribution in [3.05, 3.63) is 29.5 Å². The first-order chi connectivity index (χ1) is 19.6. The molecule has 2 heterocycles. The zero-order valence-corrected chi connectivity index (χ0v) is 24.1. The summed E-state index contributed by atoms with van der Waals surface area (Å²) >= 11 is 0. The number of aldehydes is 1. The van der Waals surface area contributed by atoms with Crippen LogP contribution in [0.25, 0.3) is 10.9 Å². The summed E-state index contributed by atoms with van der Waals surface area (Å²) in [4.78, 5) is 68.0. The predicted molar refractivity (Wildman–Crippen MR) is 151 cm³/mol. The summed E-state index contributed by atoms with van der Waals surface area (Å²) in [7, 11) is 4.61. The third-order valence-electron chi connectivity index (χ3n) is 8.59. The number of carboxylic acid groups (broad SMARTS) is 1. The SMILES string of the molecule is COc1ccc2c(C=O)c(C(=O)N3CCN(C(=O)[C@@H](NC(=O)C(C)N(C)C(=O)O)C4CCCCC4)CC3)n(C)c2c1. The first-order valence-electron chi connectivity index (χ1n) is 14.0. The van der Waals surface area contributed by atoms with Crippen LogP contribution in [-0.4, -0.2) is 107 Å². The van der Waals surface area contributed by atoms with Gasteiger partial charge in [-0.2, -0.15) is 0 Å². The van der Waals surface area contributed by atoms with E-state index < -0.39 is 24.1 Å². The summed E-state index contributed by atoms with van der Waals surface area (Å²) in [5, 5.41) is 12.8. The first-order valence-corrected chi connectivity index (χ1v) is 14.0. The lowest BCUT2D eigenvalue weighted by molar-refractivity contribution is -0.140. The average Bonchev–Trinajstić information content (AvgIpc) is 3.29. The number of aryl methyl sites for hydroxylation is 1. The summed E-state index contributed by atoms with van der Waals surface area (Å²) < 4.78 is 7.00. The number of nitrogens with zero attached hydrogens (tertiary/aromatic N) is 4. The van der Waals surface area contributed by atoms with E-state index >= 15 is 0 Å². The van der Waals surface area contributed by atoms with E-state index in [4.69, 9.17) is 4.74 Å². The molecule has 1 saturated carbocycles. The number of aromatic nitrogens is 1. The van der Waals surface area contributed by atoms with Gasteiger partial charge in [0.2, 0.25) is 11.8 Å². The Morgan fingerprint density at radius 2 is 1.71 bits per heavy atom. The van der Waals surface area contributed by atoms with E-state index in [1.54, 1.807) is 46.7 Å². The van der Waals surface area contributed by atoms with Crippen molar-refractivity contribution < 1.29 is 33.8 Å². The van der Waals surface area contributed by atoms with Crippen LogP contribution in [0, 0.1) is 5.92 Å². The maximum absolute atomic E-state index is 13.8. The zero-order valence-electron chi connectivity index (χ0n) is 24.1. The zero-order chi connectivity index (χ0) is 29.8. The maximum Gasteiger partial charge on any atom is 0.407 e. The molecule has 1 aromatic heterocycles. The summed E-state index contributed by atoms with van der Waals surface area (Å²) in [5.41, 5.74) is 1.30. The van der Waals surface area contributed by atoms with Crippen LogP contribution in [0.3, 0.4) is 0 Å². The lowest BCUT2D eigenvalue weighted by Gasteiger charge is -2.39. The number of carbonyl (C=O) groups is 5. The molecule has 4 amide bonds. The minimum atomic E-state index is -1.23. The van der Waals surface area contributed by atoms with E-state index in [2.05, 4.69) is 5.32 Å². The summed E-state index contributed by atoms with van der Waals surface area (Å²) in [6.45, 7) is 2.60. The highest BCUT2D eigenvalue weighted by Gasteiger charge is 2.37. The number of piperazine rings is 1. The second kappa shape index (κ2) is 12.6. The molecule has 1 aliphatic carbocycles. The van der Waals surface area contributed by atoms with Crippen LogP contribution >= 0.6 is 0 Å². The number of hydrogen-bond acceptors (Lipinski definition) is 6. The standard InChI is InChI=1S/C29H39N5O7/c1-18(31(2)29(39)40)26(36)30-24(19-8-6-5-7-9-19)27(37)33-12-14-34(15-13-33)28(38)25-22(17-35)21-11-10-20(41-4)16-23(21)32(25)3/h10-11,16-19,24H,5-9,12-15H2,1-4H3,(H,30,36)(H,39,40)/t18?,24-/m0/s1. The lowest BCUT2D eigenvalue weighted by atomic mass is 9.83. The van der Waals surface area contributed by atoms with Gasteiger partial charge in [-0.05, 0) is 37.8 Å². The second-order valence-electron chi connectivity index (χ2n) is 10.9. The van der Waals surface area contributed by atoms with E-state index in [0.29, 0.717) is 28.5 Å². The van der Waals surface area contributed by atoms with Crippen LogP contribution < -0.4 is 10.1 Å². The molecule has 2 aromatic rings. The molecule has 1 saturated heterocycles. The van der Waals surface area contributed by atoms with E-state index in [1.165, 1.54) is 14.0 Å². The molecule has 0 bridgehead atoms. The van der Waals surface area contributed by atoms with Crippen LogP contribution in [0.4, 0.5) is 4.79 Å². The van der Waals surface area contributed by atoms with Crippen LogP contribution in [0.1, 0.15) is 59.9 Å². The van der Waals surface area contributed by atoms with Crippen molar-refractivity contribution in [2.24, 2.45) is 13.0 Å². The van der Waals surface area contributed by atoms with E-state index in [1.807, 2.05) is 0 Å². The minimum absolute atomic E-state index is 0.0369. The van der Waals surface area contributed by atoms with Gasteiger partial charge in [0.1, 0.15) is 23.5 Å². The molecule has 12 nitrogen and oxygen atoms in total. The molecule has 0 spiro atoms. The number of methoxy groups -OCH3 is 1. The molecule has 0 radical (unpaired) electrons. The molecule has 222 valence electrons. The molecule has 2 aliphatic rings. The molecule has 1 unspecified atom stereocenters. The van der Waals surface area contributed by atoms with Gasteiger partial charge in [0.15, 0.2) is 6.29 Å². The van der Waals surface area contributed by atoms with Crippen LogP contribution in [-0.2, 0) is 16.6 Å². The molecular formula is C29H39N5O7. The highest BCUT2D eigenvalue weighted by atomic mass is 16.5. The van der Waals surface area contributed by atoms with Gasteiger partial charge in [0.25, 0.3) is 5.91 Å². The molecule has 41 heavy (non-hydrogen) atoms. The Morgan fingerprint density at radius 1 is 1.07 bits per heavy atom. The Bertz CT molecular complexity index is 1320. The van der Waals surface area contributed by atoms with Crippen LogP contribution in [0.5, 0.6) is 5.75 Å². The van der Waals surface area contributed by atoms with Crippen molar-refractivity contribution >= 4 is 41.0 Å². The van der Waals surface area contributed by atoms with Crippen LogP contribution in [0.15, 0.2) is 18.2 Å². The van der Waals surface area contributed by atoms with Gasteiger partial charge in [-0.25, -0.2) is 4.79 Å². The number of amides is 4. The Kier molecular flexibility index (Phi) is 9.19. The highest BCUT2D eigenvalue weighted by Crippen LogP contribution is 2.30. The van der Waals surface area contributed by atoms with Gasteiger partial charge in [-0.1, -0.05) is 19.3 Å². The van der Waals surface area contributed by atoms with Gasteiger partial charge in [-0.15, -0.1) is 0 Å². The minimum Gasteiger partial charge on any atom is -0.497 e. The average molecular weight is 570 g/mol. The summed E-state index contributed by atoms with van der Waals surface area (Å²) in [6.07, 6.45) is 4.09. The Morgan fingerprint density at radius 3 is 2.29 bits per heavy atom. The van der Waals surface area contributed by atoms with Crippen molar-refractivity contribution in [2.45, 2.75) is 51.1 Å². The number of carbonyl (C=O) groups excluding carboxylic acids is 4. The number of nitrogens with one attached hydrogen (secondary N) is 1. The molecule has 2 atom stereocenters. The molecule has 1 aromatic carbocycles. The maximum atomic E-state index is 13.8. The van der Waals surface area contributed by atoms with Gasteiger partial charge in [0, 0.05) is 51.7 Å². The highest BCUT2D eigenvalue weighted by molar-refractivity contribution is 6.10. The Balaban J connectivity index is 1.48. The van der Waals surface area contributed by atoms with Crippen molar-refractivity contribution in [3.8, 4) is 5.75 Å². The first kappa shape index (κ1) is 29.9. The Labute approximate surface area is 239 Å². The van der Waals surface area contributed by atoms with Crippen LogP contribution in [0.2, 0.25) is 0 Å². The number of rotatable bonds is 8. The van der Waals surface area contributed by atoms with Gasteiger partial charge >= 0.3 is 6.09 Å². The summed E-state index contributed by atoms with van der Waals surface area (Å²) in [5.74, 6) is -0.441. The van der Waals surface area contributed by atoms with Crippen molar-refractivity contribution in [1.29, 1.82) is 0 Å². The van der Waals surface area contributed by atoms with E-state index in [9.17, 15) is 29.1 Å². The van der Waals surface area contributed by atoms with Gasteiger partial charge < -0.3 is 29.5 Å². The normalized spacial score (nSPS) is 17.6. The fourth-order valence-corrected chi connectivity index (χ4v) is 5.89. The van der Waals surface area contributed by atoms with E-state index in [-0.39, 0.29) is 49.6 Å². The number of ether oxygens (including phenoxy) is 1. The van der Waals surface area contributed by atoms with Gasteiger partial charge in [0.05, 0.1) is 18.2 Å². The molecular weight excluding hydrogens is 530 g/mol. The third-order valence-corrected chi connectivity index (χ3v) is 8.59. The smallest absolute Gasteiger partial charge is 0.407 e.